The van der Waals surface area contributed by atoms with E-state index in [1.54, 1.807) is 0 Å². The lowest BCUT2D eigenvalue weighted by Crippen LogP contribution is -2.20. The number of halogens is 2. The highest BCUT2D eigenvalue weighted by atomic mass is 79.9. The van der Waals surface area contributed by atoms with Crippen molar-refractivity contribution in [3.05, 3.63) is 50.5 Å². The summed E-state index contributed by atoms with van der Waals surface area (Å²) in [5.41, 5.74) is 3.97. The average Bonchev–Trinajstić information content (AvgIpc) is 3.08. The molecule has 0 saturated carbocycles. The zero-order chi connectivity index (χ0) is 20.4. The van der Waals surface area contributed by atoms with E-state index in [9.17, 15) is 4.79 Å². The fourth-order valence-corrected chi connectivity index (χ4v) is 4.46. The van der Waals surface area contributed by atoms with Crippen LogP contribution >= 0.6 is 38.9 Å². The minimum absolute atomic E-state index is 0.104. The third-order valence-electron chi connectivity index (χ3n) is 4.77. The summed E-state index contributed by atoms with van der Waals surface area (Å²) in [7, 11) is 0. The number of ether oxygens (including phenoxy) is 1. The number of hydrogen-bond acceptors (Lipinski definition) is 4. The van der Waals surface area contributed by atoms with Gasteiger partial charge < -0.3 is 4.74 Å². The Hall–Kier alpha value is -1.63. The van der Waals surface area contributed by atoms with Crippen LogP contribution < -0.4 is 10.1 Å². The van der Waals surface area contributed by atoms with E-state index in [-0.39, 0.29) is 12.5 Å². The van der Waals surface area contributed by atoms with Gasteiger partial charge in [0.15, 0.2) is 11.7 Å². The van der Waals surface area contributed by atoms with Gasteiger partial charge in [0.2, 0.25) is 0 Å². The molecule has 1 amide bonds. The molecule has 1 aromatic heterocycles. The Morgan fingerprint density at radius 1 is 1.36 bits per heavy atom. The monoisotopic (exact) mass is 480 g/mol. The van der Waals surface area contributed by atoms with E-state index in [1.807, 2.05) is 26.0 Å². The van der Waals surface area contributed by atoms with E-state index in [1.165, 1.54) is 16.9 Å². The van der Waals surface area contributed by atoms with Gasteiger partial charge in [0.25, 0.3) is 5.91 Å². The molecular formula is C21H22BrClN2O2S. The van der Waals surface area contributed by atoms with Gasteiger partial charge in [-0.15, -0.1) is 0 Å². The molecule has 0 spiro atoms. The molecule has 1 N–H and O–H groups in total. The summed E-state index contributed by atoms with van der Waals surface area (Å²) in [5, 5.41) is 4.09. The first-order valence-electron chi connectivity index (χ1n) is 9.08. The van der Waals surface area contributed by atoms with Crippen molar-refractivity contribution >= 4 is 60.1 Å². The quantitative estimate of drug-likeness (QED) is 0.418. The molecule has 148 valence electrons. The number of carbonyl (C=O) groups excluding carboxylic acids is 1. The van der Waals surface area contributed by atoms with Crippen molar-refractivity contribution in [2.75, 3.05) is 11.9 Å². The topological polar surface area (TPSA) is 51.2 Å². The second-order valence-corrected chi connectivity index (χ2v) is 9.04. The standard InChI is InChI=1S/C21H22BrClN2O2S/c1-5-11(2)14-6-7-15-17(9-14)28-21(24-15)25-18(26)10-27-16-8-12(3)20(23)13(4)19(16)22/h6-9,11H,5,10H2,1-4H3,(H,24,25,26). The number of hydrogen-bond donors (Lipinski definition) is 1. The average molecular weight is 482 g/mol. The maximum absolute atomic E-state index is 12.3. The number of thiazole rings is 1. The van der Waals surface area contributed by atoms with Crippen LogP contribution in [-0.2, 0) is 4.79 Å². The van der Waals surface area contributed by atoms with Crippen LogP contribution in [0.4, 0.5) is 5.13 Å². The molecule has 0 aliphatic heterocycles. The van der Waals surface area contributed by atoms with E-state index < -0.39 is 0 Å². The van der Waals surface area contributed by atoms with Crippen molar-refractivity contribution < 1.29 is 9.53 Å². The molecule has 4 nitrogen and oxygen atoms in total. The maximum Gasteiger partial charge on any atom is 0.264 e. The predicted molar refractivity (Wildman–Crippen MR) is 121 cm³/mol. The lowest BCUT2D eigenvalue weighted by molar-refractivity contribution is -0.118. The predicted octanol–water partition coefficient (Wildman–Crippen LogP) is 6.86. The molecule has 1 unspecified atom stereocenters. The summed E-state index contributed by atoms with van der Waals surface area (Å²) in [5.74, 6) is 0.845. The highest BCUT2D eigenvalue weighted by Gasteiger charge is 2.14. The van der Waals surface area contributed by atoms with Gasteiger partial charge in [0.1, 0.15) is 5.75 Å². The minimum atomic E-state index is -0.252. The number of aryl methyl sites for hydroxylation is 1. The molecule has 0 aliphatic rings. The van der Waals surface area contributed by atoms with Crippen LogP contribution in [0.1, 0.15) is 42.9 Å². The Morgan fingerprint density at radius 3 is 2.82 bits per heavy atom. The number of anilines is 1. The number of carbonyl (C=O) groups is 1. The molecule has 7 heteroatoms. The fourth-order valence-electron chi connectivity index (χ4n) is 2.84. The number of benzene rings is 2. The highest BCUT2D eigenvalue weighted by molar-refractivity contribution is 9.10. The van der Waals surface area contributed by atoms with Crippen molar-refractivity contribution in [1.29, 1.82) is 0 Å². The molecule has 0 saturated heterocycles. The SMILES string of the molecule is CCC(C)c1ccc2nc(NC(=O)COc3cc(C)c(Cl)c(C)c3Br)sc2c1. The largest absolute Gasteiger partial charge is 0.483 e. The van der Waals surface area contributed by atoms with Gasteiger partial charge in [-0.05, 0) is 77.0 Å². The number of fused-ring (bicyclic) bond motifs is 1. The zero-order valence-corrected chi connectivity index (χ0v) is 19.4. The molecule has 2 aromatic carbocycles. The van der Waals surface area contributed by atoms with Crippen molar-refractivity contribution in [2.45, 2.75) is 40.0 Å². The lowest BCUT2D eigenvalue weighted by Gasteiger charge is -2.12. The van der Waals surface area contributed by atoms with Crippen LogP contribution in [0, 0.1) is 13.8 Å². The molecule has 0 aliphatic carbocycles. The Bertz CT molecular complexity index is 1030. The van der Waals surface area contributed by atoms with Crippen molar-refractivity contribution in [3.8, 4) is 5.75 Å². The molecule has 1 heterocycles. The van der Waals surface area contributed by atoms with Gasteiger partial charge in [-0.1, -0.05) is 42.9 Å². The van der Waals surface area contributed by atoms with Crippen LogP contribution in [0.25, 0.3) is 10.2 Å². The molecule has 0 fully saturated rings. The Labute approximate surface area is 182 Å². The number of nitrogens with one attached hydrogen (secondary N) is 1. The van der Waals surface area contributed by atoms with Crippen molar-refractivity contribution in [1.82, 2.24) is 4.98 Å². The molecule has 0 bridgehead atoms. The van der Waals surface area contributed by atoms with Crippen molar-refractivity contribution in [2.24, 2.45) is 0 Å². The third-order valence-corrected chi connectivity index (χ3v) is 7.27. The number of rotatable bonds is 6. The summed E-state index contributed by atoms with van der Waals surface area (Å²) < 4.78 is 7.51. The first-order valence-corrected chi connectivity index (χ1v) is 11.1. The highest BCUT2D eigenvalue weighted by Crippen LogP contribution is 2.36. The number of nitrogens with zero attached hydrogens (tertiary/aromatic N) is 1. The van der Waals surface area contributed by atoms with E-state index in [2.05, 4.69) is 52.2 Å². The number of amides is 1. The van der Waals surface area contributed by atoms with E-state index in [0.29, 0.717) is 21.8 Å². The van der Waals surface area contributed by atoms with Gasteiger partial charge in [-0.3, -0.25) is 10.1 Å². The zero-order valence-electron chi connectivity index (χ0n) is 16.2. The number of aromatic nitrogens is 1. The van der Waals surface area contributed by atoms with Crippen LogP contribution in [-0.4, -0.2) is 17.5 Å². The third kappa shape index (κ3) is 4.50. The smallest absolute Gasteiger partial charge is 0.264 e. The van der Waals surface area contributed by atoms with E-state index in [4.69, 9.17) is 16.3 Å². The van der Waals surface area contributed by atoms with Gasteiger partial charge in [0.05, 0.1) is 14.7 Å². The minimum Gasteiger partial charge on any atom is -0.483 e. The van der Waals surface area contributed by atoms with Crippen LogP contribution in [0.3, 0.4) is 0 Å². The summed E-state index contributed by atoms with van der Waals surface area (Å²) in [6.07, 6.45) is 1.09. The fraction of sp³-hybridized carbons (Fsp3) is 0.333. The molecule has 28 heavy (non-hydrogen) atoms. The maximum atomic E-state index is 12.3. The van der Waals surface area contributed by atoms with Gasteiger partial charge in [-0.25, -0.2) is 4.98 Å². The summed E-state index contributed by atoms with van der Waals surface area (Å²) in [4.78, 5) is 16.8. The molecular weight excluding hydrogens is 460 g/mol. The Balaban J connectivity index is 1.68. The van der Waals surface area contributed by atoms with Crippen LogP contribution in [0.5, 0.6) is 5.75 Å². The second kappa shape index (κ2) is 8.80. The van der Waals surface area contributed by atoms with Gasteiger partial charge in [-0.2, -0.15) is 0 Å². The lowest BCUT2D eigenvalue weighted by atomic mass is 9.99. The van der Waals surface area contributed by atoms with Gasteiger partial charge >= 0.3 is 0 Å². The van der Waals surface area contributed by atoms with Gasteiger partial charge in [0, 0.05) is 5.02 Å². The second-order valence-electron chi connectivity index (χ2n) is 6.84. The summed E-state index contributed by atoms with van der Waals surface area (Å²) in [6.45, 7) is 8.09. The first-order chi connectivity index (χ1) is 13.3. The summed E-state index contributed by atoms with van der Waals surface area (Å²) in [6, 6.07) is 8.09. The van der Waals surface area contributed by atoms with E-state index >= 15 is 0 Å². The van der Waals surface area contributed by atoms with Crippen LogP contribution in [0.2, 0.25) is 5.02 Å². The normalized spacial score (nSPS) is 12.2. The molecule has 0 radical (unpaired) electrons. The van der Waals surface area contributed by atoms with E-state index in [0.717, 1.165) is 32.2 Å². The summed E-state index contributed by atoms with van der Waals surface area (Å²) >= 11 is 11.2. The van der Waals surface area contributed by atoms with Crippen LogP contribution in [0.15, 0.2) is 28.7 Å². The Kier molecular flexibility index (Phi) is 6.63. The molecule has 3 rings (SSSR count). The molecule has 1 atom stereocenters. The Morgan fingerprint density at radius 2 is 2.11 bits per heavy atom. The van der Waals surface area contributed by atoms with Crippen molar-refractivity contribution in [3.63, 3.8) is 0 Å². The first kappa shape index (κ1) is 21.1. The molecule has 3 aromatic rings.